The minimum Gasteiger partial charge on any atom is -0.491 e. The molecule has 1 saturated heterocycles. The van der Waals surface area contributed by atoms with Gasteiger partial charge >= 0.3 is 0 Å². The molecule has 2 rings (SSSR count). The first-order chi connectivity index (χ1) is 9.70. The Labute approximate surface area is 120 Å². The second-order valence-corrected chi connectivity index (χ2v) is 5.26. The van der Waals surface area contributed by atoms with Gasteiger partial charge in [-0.25, -0.2) is 4.39 Å². The molecule has 2 unspecified atom stereocenters. The molecular formula is C16H24FNO2. The van der Waals surface area contributed by atoms with Gasteiger partial charge in [0, 0.05) is 18.2 Å². The standard InChI is InChI=1S/C16H24FNO2/c1-3-18-12(2)15-10-13(17)7-8-16(15)20-11-14-6-4-5-9-19-14/h7-8,10,12,14,18H,3-6,9,11H2,1-2H3. The first kappa shape index (κ1) is 15.3. The molecule has 0 aliphatic carbocycles. The highest BCUT2D eigenvalue weighted by Crippen LogP contribution is 2.27. The SMILES string of the molecule is CCNC(C)c1cc(F)ccc1OCC1CCCCO1. The van der Waals surface area contributed by atoms with Crippen molar-refractivity contribution < 1.29 is 13.9 Å². The summed E-state index contributed by atoms with van der Waals surface area (Å²) in [5.41, 5.74) is 0.864. The number of ether oxygens (including phenoxy) is 2. The lowest BCUT2D eigenvalue weighted by Crippen LogP contribution is -2.26. The van der Waals surface area contributed by atoms with Gasteiger partial charge in [0.25, 0.3) is 0 Å². The summed E-state index contributed by atoms with van der Waals surface area (Å²) in [5, 5.41) is 3.29. The normalized spacial score (nSPS) is 20.6. The molecule has 112 valence electrons. The van der Waals surface area contributed by atoms with Crippen molar-refractivity contribution in [1.29, 1.82) is 0 Å². The predicted molar refractivity (Wildman–Crippen MR) is 77.6 cm³/mol. The van der Waals surface area contributed by atoms with Crippen LogP contribution >= 0.6 is 0 Å². The van der Waals surface area contributed by atoms with E-state index in [2.05, 4.69) is 5.32 Å². The van der Waals surface area contributed by atoms with E-state index in [1.54, 1.807) is 12.1 Å². The van der Waals surface area contributed by atoms with Crippen LogP contribution in [0.2, 0.25) is 0 Å². The van der Waals surface area contributed by atoms with Crippen molar-refractivity contribution in [1.82, 2.24) is 5.32 Å². The van der Waals surface area contributed by atoms with Crippen molar-refractivity contribution in [2.45, 2.75) is 45.3 Å². The lowest BCUT2D eigenvalue weighted by Gasteiger charge is -2.24. The summed E-state index contributed by atoms with van der Waals surface area (Å²) in [4.78, 5) is 0. The van der Waals surface area contributed by atoms with Crippen LogP contribution in [0.4, 0.5) is 4.39 Å². The minimum atomic E-state index is -0.231. The van der Waals surface area contributed by atoms with E-state index >= 15 is 0 Å². The Balaban J connectivity index is 2.01. The van der Waals surface area contributed by atoms with Gasteiger partial charge in [-0.2, -0.15) is 0 Å². The number of benzene rings is 1. The number of halogens is 1. The van der Waals surface area contributed by atoms with Crippen LogP contribution in [-0.2, 0) is 4.74 Å². The Kier molecular flexibility index (Phi) is 5.80. The third-order valence-electron chi connectivity index (χ3n) is 3.65. The first-order valence-corrected chi connectivity index (χ1v) is 7.48. The maximum atomic E-state index is 13.4. The zero-order valence-electron chi connectivity index (χ0n) is 12.3. The molecule has 0 saturated carbocycles. The molecule has 1 aromatic carbocycles. The summed E-state index contributed by atoms with van der Waals surface area (Å²) in [6, 6.07) is 4.77. The third-order valence-corrected chi connectivity index (χ3v) is 3.65. The van der Waals surface area contributed by atoms with Crippen molar-refractivity contribution in [2.24, 2.45) is 0 Å². The van der Waals surface area contributed by atoms with Gasteiger partial charge in [-0.05, 0) is 50.9 Å². The van der Waals surface area contributed by atoms with E-state index in [-0.39, 0.29) is 18.0 Å². The minimum absolute atomic E-state index is 0.0676. The largest absolute Gasteiger partial charge is 0.491 e. The van der Waals surface area contributed by atoms with Crippen molar-refractivity contribution in [3.63, 3.8) is 0 Å². The fourth-order valence-corrected chi connectivity index (χ4v) is 2.53. The van der Waals surface area contributed by atoms with Gasteiger partial charge in [0.05, 0.1) is 6.10 Å². The van der Waals surface area contributed by atoms with E-state index in [1.807, 2.05) is 13.8 Å². The third kappa shape index (κ3) is 4.18. The lowest BCUT2D eigenvalue weighted by atomic mass is 10.1. The molecular weight excluding hydrogens is 257 g/mol. The number of hydrogen-bond acceptors (Lipinski definition) is 3. The molecule has 20 heavy (non-hydrogen) atoms. The fourth-order valence-electron chi connectivity index (χ4n) is 2.53. The topological polar surface area (TPSA) is 30.5 Å². The zero-order chi connectivity index (χ0) is 14.4. The molecule has 1 aromatic rings. The highest BCUT2D eigenvalue weighted by molar-refractivity contribution is 5.36. The molecule has 1 heterocycles. The summed E-state index contributed by atoms with van der Waals surface area (Å²) in [7, 11) is 0. The molecule has 0 spiro atoms. The van der Waals surface area contributed by atoms with E-state index in [0.29, 0.717) is 6.61 Å². The highest BCUT2D eigenvalue weighted by Gasteiger charge is 2.17. The van der Waals surface area contributed by atoms with Crippen LogP contribution in [0.3, 0.4) is 0 Å². The molecule has 2 atom stereocenters. The maximum absolute atomic E-state index is 13.4. The van der Waals surface area contributed by atoms with Crippen LogP contribution in [0.1, 0.15) is 44.7 Å². The Morgan fingerprint density at radius 1 is 1.45 bits per heavy atom. The van der Waals surface area contributed by atoms with E-state index < -0.39 is 0 Å². The van der Waals surface area contributed by atoms with Crippen LogP contribution in [-0.4, -0.2) is 25.9 Å². The molecule has 3 nitrogen and oxygen atoms in total. The summed E-state index contributed by atoms with van der Waals surface area (Å²) in [6.45, 7) is 6.24. The van der Waals surface area contributed by atoms with E-state index in [4.69, 9.17) is 9.47 Å². The van der Waals surface area contributed by atoms with Crippen LogP contribution in [0.5, 0.6) is 5.75 Å². The van der Waals surface area contributed by atoms with E-state index in [1.165, 1.54) is 12.5 Å². The fraction of sp³-hybridized carbons (Fsp3) is 0.625. The first-order valence-electron chi connectivity index (χ1n) is 7.48. The lowest BCUT2D eigenvalue weighted by molar-refractivity contribution is -0.0113. The Hall–Kier alpha value is -1.13. The maximum Gasteiger partial charge on any atom is 0.124 e. The predicted octanol–water partition coefficient (Wildman–Crippen LogP) is 3.44. The van der Waals surface area contributed by atoms with E-state index in [9.17, 15) is 4.39 Å². The van der Waals surface area contributed by atoms with Crippen LogP contribution < -0.4 is 10.1 Å². The van der Waals surface area contributed by atoms with Crippen LogP contribution in [0.15, 0.2) is 18.2 Å². The zero-order valence-corrected chi connectivity index (χ0v) is 12.3. The average molecular weight is 281 g/mol. The smallest absolute Gasteiger partial charge is 0.124 e. The molecule has 4 heteroatoms. The Morgan fingerprint density at radius 3 is 3.00 bits per heavy atom. The molecule has 0 radical (unpaired) electrons. The monoisotopic (exact) mass is 281 g/mol. The second kappa shape index (κ2) is 7.60. The molecule has 0 aromatic heterocycles. The van der Waals surface area contributed by atoms with Crippen molar-refractivity contribution in [2.75, 3.05) is 19.8 Å². The van der Waals surface area contributed by atoms with Gasteiger partial charge in [0.2, 0.25) is 0 Å². The Morgan fingerprint density at radius 2 is 2.30 bits per heavy atom. The summed E-state index contributed by atoms with van der Waals surface area (Å²) < 4.78 is 25.0. The summed E-state index contributed by atoms with van der Waals surface area (Å²) >= 11 is 0. The molecule has 1 N–H and O–H groups in total. The summed E-state index contributed by atoms with van der Waals surface area (Å²) in [6.07, 6.45) is 3.53. The number of hydrogen-bond donors (Lipinski definition) is 1. The number of nitrogens with one attached hydrogen (secondary N) is 1. The van der Waals surface area contributed by atoms with Crippen molar-refractivity contribution >= 4 is 0 Å². The van der Waals surface area contributed by atoms with Gasteiger partial charge in [-0.3, -0.25) is 0 Å². The van der Waals surface area contributed by atoms with Crippen LogP contribution in [0, 0.1) is 5.82 Å². The molecule has 0 amide bonds. The van der Waals surface area contributed by atoms with Gasteiger partial charge in [0.1, 0.15) is 18.2 Å². The van der Waals surface area contributed by atoms with Gasteiger partial charge in [-0.1, -0.05) is 6.92 Å². The highest BCUT2D eigenvalue weighted by atomic mass is 19.1. The molecule has 1 aliphatic rings. The van der Waals surface area contributed by atoms with E-state index in [0.717, 1.165) is 37.3 Å². The average Bonchev–Trinajstić information content (AvgIpc) is 2.47. The Bertz CT molecular complexity index is 419. The van der Waals surface area contributed by atoms with Crippen molar-refractivity contribution in [3.8, 4) is 5.75 Å². The van der Waals surface area contributed by atoms with Crippen molar-refractivity contribution in [3.05, 3.63) is 29.6 Å². The summed E-state index contributed by atoms with van der Waals surface area (Å²) in [5.74, 6) is 0.514. The van der Waals surface area contributed by atoms with Crippen LogP contribution in [0.25, 0.3) is 0 Å². The van der Waals surface area contributed by atoms with Gasteiger partial charge in [0.15, 0.2) is 0 Å². The van der Waals surface area contributed by atoms with Gasteiger partial charge in [-0.15, -0.1) is 0 Å². The number of rotatable bonds is 6. The molecule has 0 bridgehead atoms. The quantitative estimate of drug-likeness (QED) is 0.866. The second-order valence-electron chi connectivity index (χ2n) is 5.26. The molecule has 1 fully saturated rings. The molecule has 1 aliphatic heterocycles. The van der Waals surface area contributed by atoms with Gasteiger partial charge < -0.3 is 14.8 Å².